The summed E-state index contributed by atoms with van der Waals surface area (Å²) >= 11 is 0. The monoisotopic (exact) mass is 356 g/mol. The number of pyridine rings is 1. The highest BCUT2D eigenvalue weighted by molar-refractivity contribution is 5.69. The van der Waals surface area contributed by atoms with Crippen LogP contribution in [0.2, 0.25) is 0 Å². The fourth-order valence-electron chi connectivity index (χ4n) is 2.64. The standard InChI is InChI=1S/C17H16N4O5/c1-10-9-20(17(19-10)11-4-13(25-2)8-18-7-11)14-5-12(22)6-15(26-3)16(14)21(23)24/h4-9,22H,1-3H3. The van der Waals surface area contributed by atoms with Crippen molar-refractivity contribution in [3.05, 3.63) is 52.6 Å². The first kappa shape index (κ1) is 17.2. The number of ether oxygens (including phenoxy) is 2. The lowest BCUT2D eigenvalue weighted by atomic mass is 10.2. The summed E-state index contributed by atoms with van der Waals surface area (Å²) in [6.45, 7) is 1.76. The van der Waals surface area contributed by atoms with Crippen molar-refractivity contribution in [2.24, 2.45) is 0 Å². The number of aryl methyl sites for hydroxylation is 1. The quantitative estimate of drug-likeness (QED) is 0.552. The number of aromatic nitrogens is 3. The lowest BCUT2D eigenvalue weighted by molar-refractivity contribution is -0.385. The fourth-order valence-corrected chi connectivity index (χ4v) is 2.64. The van der Waals surface area contributed by atoms with Gasteiger partial charge in [0.1, 0.15) is 23.0 Å². The molecule has 0 radical (unpaired) electrons. The van der Waals surface area contributed by atoms with Crippen LogP contribution in [0.4, 0.5) is 5.69 Å². The summed E-state index contributed by atoms with van der Waals surface area (Å²) in [6, 6.07) is 4.20. The van der Waals surface area contributed by atoms with Gasteiger partial charge in [0, 0.05) is 30.1 Å². The first-order valence-electron chi connectivity index (χ1n) is 7.55. The Labute approximate surface area is 148 Å². The van der Waals surface area contributed by atoms with Crippen molar-refractivity contribution in [3.8, 4) is 34.3 Å². The van der Waals surface area contributed by atoms with E-state index in [4.69, 9.17) is 9.47 Å². The molecular formula is C17H16N4O5. The molecule has 1 aromatic carbocycles. The van der Waals surface area contributed by atoms with Crippen LogP contribution >= 0.6 is 0 Å². The van der Waals surface area contributed by atoms with Gasteiger partial charge in [0.05, 0.1) is 31.0 Å². The number of phenolic OH excluding ortho intramolecular Hbond substituents is 1. The number of nitrogens with zero attached hydrogens (tertiary/aromatic N) is 4. The van der Waals surface area contributed by atoms with Crippen molar-refractivity contribution in [2.75, 3.05) is 14.2 Å². The van der Waals surface area contributed by atoms with Crippen molar-refractivity contribution in [2.45, 2.75) is 6.92 Å². The molecule has 9 nitrogen and oxygen atoms in total. The molecular weight excluding hydrogens is 340 g/mol. The second kappa shape index (κ2) is 6.71. The van der Waals surface area contributed by atoms with Crippen LogP contribution in [0.25, 0.3) is 17.1 Å². The lowest BCUT2D eigenvalue weighted by Gasteiger charge is -2.12. The van der Waals surface area contributed by atoms with Crippen molar-refractivity contribution >= 4 is 5.69 Å². The van der Waals surface area contributed by atoms with Gasteiger partial charge < -0.3 is 14.6 Å². The summed E-state index contributed by atoms with van der Waals surface area (Å²) in [5.74, 6) is 0.733. The van der Waals surface area contributed by atoms with E-state index in [1.54, 1.807) is 31.6 Å². The second-order valence-corrected chi connectivity index (χ2v) is 5.46. The van der Waals surface area contributed by atoms with Crippen molar-refractivity contribution in [1.29, 1.82) is 0 Å². The van der Waals surface area contributed by atoms with Crippen molar-refractivity contribution in [3.63, 3.8) is 0 Å². The second-order valence-electron chi connectivity index (χ2n) is 5.46. The zero-order chi connectivity index (χ0) is 18.8. The predicted octanol–water partition coefficient (Wildman–Crippen LogP) is 2.87. The van der Waals surface area contributed by atoms with Crippen molar-refractivity contribution < 1.29 is 19.5 Å². The highest BCUT2D eigenvalue weighted by Gasteiger charge is 2.26. The zero-order valence-electron chi connectivity index (χ0n) is 14.3. The Morgan fingerprint density at radius 3 is 2.62 bits per heavy atom. The molecule has 0 saturated carbocycles. The smallest absolute Gasteiger partial charge is 0.334 e. The maximum absolute atomic E-state index is 11.6. The lowest BCUT2D eigenvalue weighted by Crippen LogP contribution is -2.03. The van der Waals surface area contributed by atoms with E-state index in [-0.39, 0.29) is 22.9 Å². The maximum Gasteiger partial charge on any atom is 0.334 e. The molecule has 3 rings (SSSR count). The van der Waals surface area contributed by atoms with E-state index in [9.17, 15) is 15.2 Å². The van der Waals surface area contributed by atoms with Gasteiger partial charge in [0.25, 0.3) is 0 Å². The van der Waals surface area contributed by atoms with E-state index in [0.29, 0.717) is 22.8 Å². The molecule has 0 fully saturated rings. The maximum atomic E-state index is 11.6. The Morgan fingerprint density at radius 2 is 1.96 bits per heavy atom. The Bertz CT molecular complexity index is 983. The minimum absolute atomic E-state index is 0.0499. The molecule has 0 amide bonds. The van der Waals surface area contributed by atoms with Gasteiger partial charge in [0.15, 0.2) is 0 Å². The molecule has 0 saturated heterocycles. The van der Waals surface area contributed by atoms with Gasteiger partial charge in [-0.2, -0.15) is 0 Å². The molecule has 3 aromatic rings. The molecule has 0 unspecified atom stereocenters. The van der Waals surface area contributed by atoms with E-state index in [2.05, 4.69) is 9.97 Å². The van der Waals surface area contributed by atoms with Gasteiger partial charge >= 0.3 is 5.69 Å². The van der Waals surface area contributed by atoms with Crippen LogP contribution < -0.4 is 9.47 Å². The van der Waals surface area contributed by atoms with Crippen LogP contribution in [0.15, 0.2) is 36.8 Å². The number of hydrogen-bond donors (Lipinski definition) is 1. The minimum atomic E-state index is -0.559. The number of aromatic hydroxyl groups is 1. The van der Waals surface area contributed by atoms with Gasteiger partial charge in [-0.25, -0.2) is 4.98 Å². The van der Waals surface area contributed by atoms with Gasteiger partial charge in [0.2, 0.25) is 5.75 Å². The minimum Gasteiger partial charge on any atom is -0.508 e. The number of benzene rings is 1. The van der Waals surface area contributed by atoms with Crippen molar-refractivity contribution in [1.82, 2.24) is 14.5 Å². The molecule has 0 aliphatic carbocycles. The van der Waals surface area contributed by atoms with Crippen LogP contribution in [0.3, 0.4) is 0 Å². The number of imidazole rings is 1. The summed E-state index contributed by atoms with van der Waals surface area (Å²) in [6.07, 6.45) is 4.76. The van der Waals surface area contributed by atoms with E-state index in [1.807, 2.05) is 0 Å². The molecule has 2 heterocycles. The highest BCUT2D eigenvalue weighted by Crippen LogP contribution is 2.39. The predicted molar refractivity (Wildman–Crippen MR) is 93.0 cm³/mol. The van der Waals surface area contributed by atoms with E-state index in [1.165, 1.54) is 30.9 Å². The Morgan fingerprint density at radius 1 is 1.19 bits per heavy atom. The average Bonchev–Trinajstić information content (AvgIpc) is 3.02. The van der Waals surface area contributed by atoms with Gasteiger partial charge in [-0.1, -0.05) is 0 Å². The van der Waals surface area contributed by atoms with E-state index < -0.39 is 4.92 Å². The molecule has 0 aliphatic heterocycles. The molecule has 1 N–H and O–H groups in total. The van der Waals surface area contributed by atoms with Crippen LogP contribution in [-0.4, -0.2) is 38.8 Å². The number of nitro groups is 1. The zero-order valence-corrected chi connectivity index (χ0v) is 14.3. The first-order chi connectivity index (χ1) is 12.4. The molecule has 9 heteroatoms. The fraction of sp³-hybridized carbons (Fsp3) is 0.176. The van der Waals surface area contributed by atoms with Crippen LogP contribution in [-0.2, 0) is 0 Å². The third-order valence-electron chi connectivity index (χ3n) is 3.74. The summed E-state index contributed by atoms with van der Waals surface area (Å²) in [5, 5.41) is 21.6. The molecule has 0 atom stereocenters. The number of methoxy groups -OCH3 is 2. The first-order valence-corrected chi connectivity index (χ1v) is 7.55. The van der Waals surface area contributed by atoms with Gasteiger partial charge in [-0.05, 0) is 13.0 Å². The number of hydrogen-bond acceptors (Lipinski definition) is 7. The third kappa shape index (κ3) is 3.02. The Kier molecular flexibility index (Phi) is 4.44. The largest absolute Gasteiger partial charge is 0.508 e. The SMILES string of the molecule is COc1cncc(-c2nc(C)cn2-c2cc(O)cc(OC)c2[N+](=O)[O-])c1. The molecule has 0 aliphatic rings. The number of rotatable bonds is 5. The molecule has 0 spiro atoms. The van der Waals surface area contributed by atoms with Crippen LogP contribution in [0, 0.1) is 17.0 Å². The molecule has 0 bridgehead atoms. The molecule has 2 aromatic heterocycles. The Hall–Kier alpha value is -3.62. The third-order valence-corrected chi connectivity index (χ3v) is 3.74. The molecule has 26 heavy (non-hydrogen) atoms. The average molecular weight is 356 g/mol. The summed E-state index contributed by atoms with van der Waals surface area (Å²) in [7, 11) is 2.82. The van der Waals surface area contributed by atoms with Crippen LogP contribution in [0.5, 0.6) is 17.2 Å². The summed E-state index contributed by atoms with van der Waals surface area (Å²) in [4.78, 5) is 19.6. The molecule has 134 valence electrons. The van der Waals surface area contributed by atoms with Gasteiger partial charge in [-0.3, -0.25) is 19.7 Å². The number of nitro benzene ring substituents is 1. The normalized spacial score (nSPS) is 10.6. The van der Waals surface area contributed by atoms with E-state index >= 15 is 0 Å². The topological polar surface area (TPSA) is 113 Å². The summed E-state index contributed by atoms with van der Waals surface area (Å²) < 4.78 is 11.8. The summed E-state index contributed by atoms with van der Waals surface area (Å²) in [5.41, 5.74) is 1.10. The van der Waals surface area contributed by atoms with Gasteiger partial charge in [-0.15, -0.1) is 0 Å². The van der Waals surface area contributed by atoms with E-state index in [0.717, 1.165) is 0 Å². The number of phenols is 1. The highest BCUT2D eigenvalue weighted by atomic mass is 16.6. The van der Waals surface area contributed by atoms with Crippen LogP contribution in [0.1, 0.15) is 5.69 Å². The Balaban J connectivity index is 2.29.